The molecule has 1 atom stereocenters. The lowest BCUT2D eigenvalue weighted by Crippen LogP contribution is -2.44. The second-order valence-electron chi connectivity index (χ2n) is 7.08. The van der Waals surface area contributed by atoms with Gasteiger partial charge in [0.15, 0.2) is 23.1 Å². The van der Waals surface area contributed by atoms with Crippen molar-refractivity contribution in [2.45, 2.75) is 13.0 Å². The molecular formula is C22H19F3N4O3. The summed E-state index contributed by atoms with van der Waals surface area (Å²) in [6.07, 6.45) is 1.34. The van der Waals surface area contributed by atoms with E-state index in [2.05, 4.69) is 10.3 Å². The summed E-state index contributed by atoms with van der Waals surface area (Å²) in [7, 11) is 2.38. The van der Waals surface area contributed by atoms with Crippen LogP contribution in [0.25, 0.3) is 0 Å². The van der Waals surface area contributed by atoms with E-state index in [9.17, 15) is 9.18 Å². The predicted octanol–water partition coefficient (Wildman–Crippen LogP) is 4.55. The molecule has 1 aliphatic heterocycles. The number of nitrogens with zero attached hydrogens (tertiary/aromatic N) is 2. The first kappa shape index (κ1) is 21.3. The summed E-state index contributed by atoms with van der Waals surface area (Å²) in [6.45, 7) is 1.63. The molecule has 0 saturated carbocycles. The molecule has 0 spiro atoms. The molecule has 2 amide bonds. The molecule has 1 aliphatic rings. The van der Waals surface area contributed by atoms with Crippen LogP contribution in [0.1, 0.15) is 22.7 Å². The van der Waals surface area contributed by atoms with Crippen LogP contribution in [0.3, 0.4) is 0 Å². The van der Waals surface area contributed by atoms with Crippen molar-refractivity contribution in [2.24, 2.45) is 0 Å². The van der Waals surface area contributed by atoms with Gasteiger partial charge in [0, 0.05) is 29.0 Å². The Morgan fingerprint density at radius 2 is 1.69 bits per heavy atom. The first-order valence-corrected chi connectivity index (χ1v) is 9.49. The van der Waals surface area contributed by atoms with Crippen LogP contribution >= 0.6 is 0 Å². The Morgan fingerprint density at radius 3 is 2.28 bits per heavy atom. The Labute approximate surface area is 181 Å². The maximum Gasteiger partial charge on any atom is 0.327 e. The van der Waals surface area contributed by atoms with Crippen molar-refractivity contribution in [1.82, 2.24) is 4.98 Å². The van der Waals surface area contributed by atoms with E-state index in [4.69, 9.17) is 15.2 Å². The summed E-state index contributed by atoms with van der Waals surface area (Å²) in [4.78, 5) is 18.1. The topological polar surface area (TPSA) is 89.7 Å². The van der Waals surface area contributed by atoms with E-state index in [0.29, 0.717) is 16.8 Å². The highest BCUT2D eigenvalue weighted by Gasteiger charge is 2.41. The molecule has 2 heterocycles. The lowest BCUT2D eigenvalue weighted by atomic mass is 9.92. The summed E-state index contributed by atoms with van der Waals surface area (Å²) < 4.78 is 55.6. The van der Waals surface area contributed by atoms with Gasteiger partial charge in [-0.05, 0) is 13.0 Å². The minimum absolute atomic E-state index is 0.00941. The van der Waals surface area contributed by atoms with Crippen LogP contribution in [0.15, 0.2) is 36.5 Å². The average Bonchev–Trinajstić information content (AvgIpc) is 2.78. The van der Waals surface area contributed by atoms with Gasteiger partial charge >= 0.3 is 6.03 Å². The van der Waals surface area contributed by atoms with Gasteiger partial charge in [-0.25, -0.2) is 22.9 Å². The van der Waals surface area contributed by atoms with E-state index in [0.717, 1.165) is 11.0 Å². The third-order valence-corrected chi connectivity index (χ3v) is 5.39. The average molecular weight is 444 g/mol. The Morgan fingerprint density at radius 1 is 1.06 bits per heavy atom. The zero-order chi connectivity index (χ0) is 23.2. The van der Waals surface area contributed by atoms with E-state index in [1.165, 1.54) is 38.6 Å². The zero-order valence-corrected chi connectivity index (χ0v) is 17.4. The highest BCUT2D eigenvalue weighted by Crippen LogP contribution is 2.47. The second kappa shape index (κ2) is 7.95. The smallest absolute Gasteiger partial charge is 0.327 e. The molecule has 3 N–H and O–H groups in total. The minimum Gasteiger partial charge on any atom is -0.493 e. The molecule has 4 rings (SSSR count). The molecule has 2 aromatic carbocycles. The summed E-state index contributed by atoms with van der Waals surface area (Å²) in [6, 6.07) is 4.51. The Balaban J connectivity index is 2.07. The molecule has 1 aromatic heterocycles. The third-order valence-electron chi connectivity index (χ3n) is 5.39. The fourth-order valence-electron chi connectivity index (χ4n) is 3.76. The van der Waals surface area contributed by atoms with Crippen LogP contribution in [0, 0.1) is 24.4 Å². The summed E-state index contributed by atoms with van der Waals surface area (Å²) >= 11 is 0. The highest BCUT2D eigenvalue weighted by molar-refractivity contribution is 6.07. The van der Waals surface area contributed by atoms with Gasteiger partial charge in [-0.1, -0.05) is 18.2 Å². The summed E-state index contributed by atoms with van der Waals surface area (Å²) in [5, 5.41) is 2.60. The maximum atomic E-state index is 15.3. The first-order valence-electron chi connectivity index (χ1n) is 9.49. The zero-order valence-electron chi connectivity index (χ0n) is 17.4. The number of fused-ring (bicyclic) bond motifs is 1. The van der Waals surface area contributed by atoms with Crippen molar-refractivity contribution in [1.29, 1.82) is 0 Å². The van der Waals surface area contributed by atoms with Crippen molar-refractivity contribution in [3.8, 4) is 11.5 Å². The molecule has 7 nitrogen and oxygen atoms in total. The van der Waals surface area contributed by atoms with E-state index in [-0.39, 0.29) is 22.9 Å². The van der Waals surface area contributed by atoms with Gasteiger partial charge in [-0.2, -0.15) is 0 Å². The van der Waals surface area contributed by atoms with Crippen molar-refractivity contribution >= 4 is 23.2 Å². The van der Waals surface area contributed by atoms with Gasteiger partial charge in [-0.15, -0.1) is 0 Å². The Hall–Kier alpha value is -3.95. The monoisotopic (exact) mass is 444 g/mol. The SMILES string of the molecule is COc1cc(OC)c(F)c(N2C(=O)Nc3c(cnc(N)c3C)C2c2ccccc2F)c1F. The van der Waals surface area contributed by atoms with Gasteiger partial charge in [0.1, 0.15) is 17.3 Å². The molecule has 0 saturated heterocycles. The van der Waals surface area contributed by atoms with Crippen molar-refractivity contribution in [3.63, 3.8) is 0 Å². The normalized spacial score (nSPS) is 15.2. The van der Waals surface area contributed by atoms with Crippen LogP contribution in [0.2, 0.25) is 0 Å². The number of carbonyl (C=O) groups is 1. The lowest BCUT2D eigenvalue weighted by molar-refractivity contribution is 0.254. The van der Waals surface area contributed by atoms with E-state index >= 15 is 8.78 Å². The molecule has 1 unspecified atom stereocenters. The van der Waals surface area contributed by atoms with Gasteiger partial charge in [0.25, 0.3) is 0 Å². The number of nitrogens with two attached hydrogens (primary N) is 1. The molecule has 3 aromatic rings. The minimum atomic E-state index is -1.26. The highest BCUT2D eigenvalue weighted by atomic mass is 19.1. The van der Waals surface area contributed by atoms with Crippen LogP contribution in [-0.2, 0) is 0 Å². The number of halogens is 3. The molecule has 32 heavy (non-hydrogen) atoms. The largest absolute Gasteiger partial charge is 0.493 e. The van der Waals surface area contributed by atoms with E-state index in [1.807, 2.05) is 0 Å². The number of anilines is 3. The first-order chi connectivity index (χ1) is 15.3. The standard InChI is InChI=1S/C22H19F3N4O3/c1-10-18-12(9-27-21(10)26)19(11-6-4-5-7-13(11)23)29(22(30)28-18)20-16(24)14(31-2)8-15(32-3)17(20)25/h4-9,19H,1-3H3,(H2,26,27)(H,28,30). The summed E-state index contributed by atoms with van der Waals surface area (Å²) in [5.74, 6) is -3.51. The Bertz CT molecular complexity index is 1210. The second-order valence-corrected chi connectivity index (χ2v) is 7.08. The molecule has 0 aliphatic carbocycles. The number of benzene rings is 2. The lowest BCUT2D eigenvalue weighted by Gasteiger charge is -2.38. The number of methoxy groups -OCH3 is 2. The molecule has 0 radical (unpaired) electrons. The fraction of sp³-hybridized carbons (Fsp3) is 0.182. The van der Waals surface area contributed by atoms with Crippen LogP contribution < -0.4 is 25.4 Å². The molecule has 0 bridgehead atoms. The number of hydrogen-bond donors (Lipinski definition) is 2. The molecule has 10 heteroatoms. The molecule has 0 fully saturated rings. The van der Waals surface area contributed by atoms with Gasteiger partial charge < -0.3 is 20.5 Å². The Kier molecular flexibility index (Phi) is 5.29. The number of nitrogens with one attached hydrogen (secondary N) is 1. The van der Waals surface area contributed by atoms with E-state index < -0.39 is 35.2 Å². The van der Waals surface area contributed by atoms with Crippen LogP contribution in [0.5, 0.6) is 11.5 Å². The number of urea groups is 1. The molecular weight excluding hydrogens is 425 g/mol. The van der Waals surface area contributed by atoms with Gasteiger partial charge in [-0.3, -0.25) is 4.90 Å². The fourth-order valence-corrected chi connectivity index (χ4v) is 3.76. The molecule has 166 valence electrons. The third kappa shape index (κ3) is 3.15. The number of aromatic nitrogens is 1. The number of amides is 2. The van der Waals surface area contributed by atoms with Crippen molar-refractivity contribution in [3.05, 3.63) is 70.7 Å². The van der Waals surface area contributed by atoms with Gasteiger partial charge in [0.2, 0.25) is 0 Å². The van der Waals surface area contributed by atoms with Crippen LogP contribution in [0.4, 0.5) is 35.2 Å². The maximum absolute atomic E-state index is 15.3. The number of carbonyl (C=O) groups excluding carboxylic acids is 1. The van der Waals surface area contributed by atoms with Gasteiger partial charge in [0.05, 0.1) is 25.9 Å². The summed E-state index contributed by atoms with van der Waals surface area (Å²) in [5.41, 5.74) is 6.17. The van der Waals surface area contributed by atoms with Crippen molar-refractivity contribution in [2.75, 3.05) is 30.2 Å². The number of hydrogen-bond acceptors (Lipinski definition) is 5. The number of pyridine rings is 1. The number of rotatable bonds is 4. The number of nitrogen functional groups attached to an aromatic ring is 1. The predicted molar refractivity (Wildman–Crippen MR) is 113 cm³/mol. The van der Waals surface area contributed by atoms with Crippen LogP contribution in [-0.4, -0.2) is 25.2 Å². The van der Waals surface area contributed by atoms with E-state index in [1.54, 1.807) is 13.0 Å². The van der Waals surface area contributed by atoms with Crippen molar-refractivity contribution < 1.29 is 27.4 Å². The quantitative estimate of drug-likeness (QED) is 0.616. The number of ether oxygens (including phenoxy) is 2.